The van der Waals surface area contributed by atoms with Crippen molar-refractivity contribution < 1.29 is 38.1 Å². The van der Waals surface area contributed by atoms with Gasteiger partial charge in [0.2, 0.25) is 29.4 Å². The molecule has 5 aliphatic rings. The van der Waals surface area contributed by atoms with Gasteiger partial charge in [0.25, 0.3) is 0 Å². The van der Waals surface area contributed by atoms with Crippen LogP contribution in [0.5, 0.6) is 17.2 Å². The van der Waals surface area contributed by atoms with E-state index >= 15 is 0 Å². The van der Waals surface area contributed by atoms with E-state index in [0.29, 0.717) is 24.8 Å². The number of nitrogens with zero attached hydrogens (tertiary/aromatic N) is 3. The van der Waals surface area contributed by atoms with E-state index in [4.69, 9.17) is 21.1 Å². The molecule has 0 spiro atoms. The van der Waals surface area contributed by atoms with Gasteiger partial charge in [0.05, 0.1) is 48.1 Å². The molecule has 3 aromatic carbocycles. The summed E-state index contributed by atoms with van der Waals surface area (Å²) in [5, 5.41) is 10.3. The molecule has 10 nitrogen and oxygen atoms in total. The van der Waals surface area contributed by atoms with Gasteiger partial charge in [-0.1, -0.05) is 65.7 Å². The van der Waals surface area contributed by atoms with Gasteiger partial charge in [-0.15, -0.1) is 0 Å². The number of fused-ring (bicyclic) bond motifs is 4. The zero-order chi connectivity index (χ0) is 38.8. The molecule has 8 rings (SSSR count). The van der Waals surface area contributed by atoms with Crippen LogP contribution in [-0.4, -0.2) is 71.9 Å². The molecule has 1 N–H and O–H groups in total. The third-order valence-corrected chi connectivity index (χ3v) is 13.0. The van der Waals surface area contributed by atoms with Crippen LogP contribution in [0.4, 0.5) is 10.1 Å². The minimum atomic E-state index is -1.29. The largest absolute Gasteiger partial charge is 0.502 e. The number of imide groups is 2. The van der Waals surface area contributed by atoms with E-state index in [-0.39, 0.29) is 52.2 Å². The first kappa shape index (κ1) is 36.9. The number of phenolic OH excluding ortho intramolecular Hbond substituents is 1. The molecular formula is C43H43ClFN3O7. The second-order valence-corrected chi connectivity index (χ2v) is 15.9. The van der Waals surface area contributed by atoms with E-state index in [0.717, 1.165) is 36.2 Å². The third kappa shape index (κ3) is 6.03. The molecule has 12 heteroatoms. The van der Waals surface area contributed by atoms with Crippen LogP contribution in [0.15, 0.2) is 78.4 Å². The number of carbonyl (C=O) groups excluding carboxylic acids is 4. The van der Waals surface area contributed by atoms with Crippen LogP contribution in [0.25, 0.3) is 6.08 Å². The molecule has 286 valence electrons. The maximum absolute atomic E-state index is 14.7. The fraction of sp³-hybridized carbons (Fsp3) is 0.395. The van der Waals surface area contributed by atoms with E-state index in [1.807, 2.05) is 30.4 Å². The number of piperidine rings is 1. The normalized spacial score (nSPS) is 28.4. The van der Waals surface area contributed by atoms with Crippen molar-refractivity contribution >= 4 is 47.0 Å². The Morgan fingerprint density at radius 1 is 0.927 bits per heavy atom. The monoisotopic (exact) mass is 767 g/mol. The van der Waals surface area contributed by atoms with Gasteiger partial charge in [-0.2, -0.15) is 0 Å². The maximum Gasteiger partial charge on any atom is 0.241 e. The molecular weight excluding hydrogens is 725 g/mol. The van der Waals surface area contributed by atoms with Gasteiger partial charge >= 0.3 is 0 Å². The predicted molar refractivity (Wildman–Crippen MR) is 204 cm³/mol. The first-order valence-corrected chi connectivity index (χ1v) is 19.1. The number of carbonyl (C=O) groups is 4. The molecule has 1 saturated carbocycles. The lowest BCUT2D eigenvalue weighted by Gasteiger charge is -2.48. The molecule has 3 heterocycles. The summed E-state index contributed by atoms with van der Waals surface area (Å²) in [5.41, 5.74) is 1.55. The highest BCUT2D eigenvalue weighted by atomic mass is 35.5. The van der Waals surface area contributed by atoms with Gasteiger partial charge in [0.15, 0.2) is 11.5 Å². The number of hydrogen-bond acceptors (Lipinski definition) is 8. The topological polar surface area (TPSA) is 117 Å². The first-order chi connectivity index (χ1) is 26.5. The highest BCUT2D eigenvalue weighted by Gasteiger charge is 2.67. The Hall–Kier alpha value is -5.00. The number of benzene rings is 3. The molecule has 3 aliphatic heterocycles. The summed E-state index contributed by atoms with van der Waals surface area (Å²) in [7, 11) is 2.86. The number of hydrogen-bond donors (Lipinski definition) is 1. The first-order valence-electron chi connectivity index (χ1n) is 18.8. The van der Waals surface area contributed by atoms with Crippen molar-refractivity contribution in [2.45, 2.75) is 45.2 Å². The molecule has 0 unspecified atom stereocenters. The molecule has 2 aliphatic carbocycles. The summed E-state index contributed by atoms with van der Waals surface area (Å²) in [6.07, 6.45) is 7.57. The molecule has 0 bridgehead atoms. The van der Waals surface area contributed by atoms with Crippen LogP contribution in [0.2, 0.25) is 5.02 Å². The van der Waals surface area contributed by atoms with Gasteiger partial charge in [0.1, 0.15) is 5.82 Å². The Labute approximate surface area is 324 Å². The molecule has 55 heavy (non-hydrogen) atoms. The van der Waals surface area contributed by atoms with Crippen molar-refractivity contribution in [3.63, 3.8) is 0 Å². The third-order valence-electron chi connectivity index (χ3n) is 12.7. The standard InChI is InChI=1S/C43H43ClFN3O7/c1-43-31(13-9-25-19-35(54-2)38(49)36(20-25)55-3)28-11-12-29-37(30(28)22-32(43)40(51)48(42(43)53)27-10-14-34(45)33(44)21-27)41(52)47(39(29)50)26-15-17-46(18-16-26)23-24-7-5-4-6-8-24/h4-11,13-14,19-21,26,29-32,37,49H,12,15-18,22-23H2,1-3H3/t29-,30+,31-,32-,37-,43-/m0/s1. The van der Waals surface area contributed by atoms with Crippen LogP contribution in [-0.2, 0) is 25.7 Å². The Balaban J connectivity index is 1.13. The van der Waals surface area contributed by atoms with Crippen LogP contribution in [0.1, 0.15) is 43.7 Å². The van der Waals surface area contributed by atoms with Gasteiger partial charge in [-0.05, 0) is 80.0 Å². The summed E-state index contributed by atoms with van der Waals surface area (Å²) in [4.78, 5) is 62.8. The summed E-state index contributed by atoms with van der Waals surface area (Å²) < 4.78 is 25.0. The molecule has 4 amide bonds. The van der Waals surface area contributed by atoms with Gasteiger partial charge < -0.3 is 14.6 Å². The number of ether oxygens (including phenoxy) is 2. The number of methoxy groups -OCH3 is 2. The second-order valence-electron chi connectivity index (χ2n) is 15.5. The smallest absolute Gasteiger partial charge is 0.241 e. The summed E-state index contributed by atoms with van der Waals surface area (Å²) in [6.45, 7) is 4.11. The quantitative estimate of drug-likeness (QED) is 0.200. The van der Waals surface area contributed by atoms with E-state index in [2.05, 4.69) is 17.0 Å². The molecule has 3 saturated heterocycles. The maximum atomic E-state index is 14.7. The van der Waals surface area contributed by atoms with E-state index in [1.54, 1.807) is 25.1 Å². The molecule has 4 fully saturated rings. The number of halogens is 2. The van der Waals surface area contributed by atoms with Crippen LogP contribution in [0, 0.1) is 40.8 Å². The number of rotatable bonds is 8. The van der Waals surface area contributed by atoms with Crippen molar-refractivity contribution in [2.24, 2.45) is 35.0 Å². The van der Waals surface area contributed by atoms with E-state index in [9.17, 15) is 28.7 Å². The van der Waals surface area contributed by atoms with Gasteiger partial charge in [0, 0.05) is 31.6 Å². The SMILES string of the molecule is COc1cc(C=C[C@H]2C3=CC[C@@H]4C(=O)N(C5CCN(Cc6ccccc6)CC5)C(=O)[C@@H]4[C@@H]3C[C@H]3C(=O)N(c4ccc(F)c(Cl)c4)C(=O)[C@@]23C)cc(OC)c1O. The minimum absolute atomic E-state index is 0.158. The number of phenols is 1. The Kier molecular flexibility index (Phi) is 9.58. The highest BCUT2D eigenvalue weighted by molar-refractivity contribution is 6.31. The van der Waals surface area contributed by atoms with Crippen molar-refractivity contribution in [1.29, 1.82) is 0 Å². The summed E-state index contributed by atoms with van der Waals surface area (Å²) in [5.74, 6) is -4.92. The highest BCUT2D eigenvalue weighted by Crippen LogP contribution is 2.61. The average Bonchev–Trinajstić information content (AvgIpc) is 3.56. The van der Waals surface area contributed by atoms with E-state index in [1.165, 1.54) is 36.8 Å². The Morgan fingerprint density at radius 2 is 1.62 bits per heavy atom. The lowest BCUT2D eigenvalue weighted by Crippen LogP contribution is -2.50. The fourth-order valence-corrected chi connectivity index (χ4v) is 10.0. The molecule has 3 aromatic rings. The number of amides is 4. The Bertz CT molecular complexity index is 2110. The summed E-state index contributed by atoms with van der Waals surface area (Å²) in [6, 6.07) is 17.1. The molecule has 0 radical (unpaired) electrons. The molecule has 6 atom stereocenters. The minimum Gasteiger partial charge on any atom is -0.502 e. The number of likely N-dealkylation sites (tertiary alicyclic amines) is 2. The zero-order valence-electron chi connectivity index (χ0n) is 30.9. The van der Waals surface area contributed by atoms with Crippen molar-refractivity contribution in [2.75, 3.05) is 32.2 Å². The zero-order valence-corrected chi connectivity index (χ0v) is 31.7. The van der Waals surface area contributed by atoms with Gasteiger partial charge in [-0.25, -0.2) is 9.29 Å². The van der Waals surface area contributed by atoms with Crippen molar-refractivity contribution in [3.05, 3.63) is 100 Å². The summed E-state index contributed by atoms with van der Waals surface area (Å²) >= 11 is 6.13. The van der Waals surface area contributed by atoms with Crippen LogP contribution >= 0.6 is 11.6 Å². The van der Waals surface area contributed by atoms with Crippen LogP contribution < -0.4 is 14.4 Å². The second kappa shape index (κ2) is 14.3. The predicted octanol–water partition coefficient (Wildman–Crippen LogP) is 6.64. The fourth-order valence-electron chi connectivity index (χ4n) is 9.87. The van der Waals surface area contributed by atoms with Crippen LogP contribution in [0.3, 0.4) is 0 Å². The van der Waals surface area contributed by atoms with Crippen molar-refractivity contribution in [1.82, 2.24) is 9.80 Å². The Morgan fingerprint density at radius 3 is 2.27 bits per heavy atom. The van der Waals surface area contributed by atoms with E-state index < -0.39 is 52.6 Å². The number of allylic oxidation sites excluding steroid dienone is 3. The van der Waals surface area contributed by atoms with Gasteiger partial charge in [-0.3, -0.25) is 29.0 Å². The van der Waals surface area contributed by atoms with Crippen molar-refractivity contribution in [3.8, 4) is 17.2 Å². The average molecular weight is 768 g/mol. The lowest BCUT2D eigenvalue weighted by atomic mass is 9.52. The number of aromatic hydroxyl groups is 1. The lowest BCUT2D eigenvalue weighted by molar-refractivity contribution is -0.144. The number of anilines is 1. The molecule has 0 aromatic heterocycles.